The summed E-state index contributed by atoms with van der Waals surface area (Å²) in [5.74, 6) is 1.85. The highest BCUT2D eigenvalue weighted by Crippen LogP contribution is 2.31. The molecule has 0 aliphatic heterocycles. The number of aryl methyl sites for hydroxylation is 3. The SMILES string of the molecule is Cc1ccc(Oc2cc(C(C)(C)C)ccc2C)cc1C. The molecule has 2 rings (SSSR count). The largest absolute Gasteiger partial charge is 0.457 e. The Balaban J connectivity index is 2.35. The third kappa shape index (κ3) is 3.22. The third-order valence-corrected chi connectivity index (χ3v) is 3.76. The molecule has 20 heavy (non-hydrogen) atoms. The zero-order valence-electron chi connectivity index (χ0n) is 13.4. The summed E-state index contributed by atoms with van der Waals surface area (Å²) in [4.78, 5) is 0. The minimum Gasteiger partial charge on any atom is -0.457 e. The zero-order chi connectivity index (χ0) is 14.9. The topological polar surface area (TPSA) is 9.23 Å². The second kappa shape index (κ2) is 5.32. The highest BCUT2D eigenvalue weighted by Gasteiger charge is 2.15. The van der Waals surface area contributed by atoms with Crippen LogP contribution in [-0.4, -0.2) is 0 Å². The van der Waals surface area contributed by atoms with Gasteiger partial charge in [0.2, 0.25) is 0 Å². The van der Waals surface area contributed by atoms with Gasteiger partial charge in [-0.1, -0.05) is 39.0 Å². The van der Waals surface area contributed by atoms with Crippen molar-refractivity contribution in [3.8, 4) is 11.5 Å². The quantitative estimate of drug-likeness (QED) is 0.678. The lowest BCUT2D eigenvalue weighted by atomic mass is 9.86. The van der Waals surface area contributed by atoms with Crippen LogP contribution in [-0.2, 0) is 5.41 Å². The molecule has 0 saturated carbocycles. The molecule has 1 nitrogen and oxygen atoms in total. The Labute approximate surface area is 122 Å². The highest BCUT2D eigenvalue weighted by molar-refractivity contribution is 5.43. The van der Waals surface area contributed by atoms with E-state index in [0.717, 1.165) is 17.1 Å². The van der Waals surface area contributed by atoms with Crippen LogP contribution in [0.5, 0.6) is 11.5 Å². The van der Waals surface area contributed by atoms with Gasteiger partial charge in [-0.15, -0.1) is 0 Å². The summed E-state index contributed by atoms with van der Waals surface area (Å²) in [5, 5.41) is 0. The van der Waals surface area contributed by atoms with E-state index < -0.39 is 0 Å². The summed E-state index contributed by atoms with van der Waals surface area (Å²) in [6, 6.07) is 12.7. The van der Waals surface area contributed by atoms with Gasteiger partial charge in [0.1, 0.15) is 11.5 Å². The maximum absolute atomic E-state index is 6.08. The number of rotatable bonds is 2. The van der Waals surface area contributed by atoms with E-state index >= 15 is 0 Å². The summed E-state index contributed by atoms with van der Waals surface area (Å²) in [5.41, 5.74) is 5.14. The van der Waals surface area contributed by atoms with Crippen molar-refractivity contribution in [2.24, 2.45) is 0 Å². The fraction of sp³-hybridized carbons (Fsp3) is 0.368. The summed E-state index contributed by atoms with van der Waals surface area (Å²) in [7, 11) is 0. The van der Waals surface area contributed by atoms with Crippen molar-refractivity contribution in [1.82, 2.24) is 0 Å². The lowest BCUT2D eigenvalue weighted by molar-refractivity contribution is 0.474. The van der Waals surface area contributed by atoms with E-state index in [9.17, 15) is 0 Å². The van der Waals surface area contributed by atoms with Crippen molar-refractivity contribution in [2.75, 3.05) is 0 Å². The number of hydrogen-bond donors (Lipinski definition) is 0. The van der Waals surface area contributed by atoms with Gasteiger partial charge in [-0.3, -0.25) is 0 Å². The predicted octanol–water partition coefficient (Wildman–Crippen LogP) is 5.70. The van der Waals surface area contributed by atoms with Gasteiger partial charge in [-0.25, -0.2) is 0 Å². The number of benzene rings is 2. The van der Waals surface area contributed by atoms with E-state index in [1.165, 1.54) is 16.7 Å². The van der Waals surface area contributed by atoms with Gasteiger partial charge in [0.15, 0.2) is 0 Å². The minimum absolute atomic E-state index is 0.134. The zero-order valence-corrected chi connectivity index (χ0v) is 13.4. The molecule has 0 atom stereocenters. The Bertz CT molecular complexity index is 618. The normalized spacial score (nSPS) is 11.5. The molecule has 0 aromatic heterocycles. The molecule has 0 aliphatic carbocycles. The van der Waals surface area contributed by atoms with E-state index in [2.05, 4.69) is 71.9 Å². The fourth-order valence-electron chi connectivity index (χ4n) is 2.08. The van der Waals surface area contributed by atoms with Gasteiger partial charge in [0.05, 0.1) is 0 Å². The predicted molar refractivity (Wildman–Crippen MR) is 85.9 cm³/mol. The van der Waals surface area contributed by atoms with E-state index in [-0.39, 0.29) is 5.41 Å². The maximum atomic E-state index is 6.08. The summed E-state index contributed by atoms with van der Waals surface area (Å²) < 4.78 is 6.08. The molecule has 0 amide bonds. The van der Waals surface area contributed by atoms with Crippen LogP contribution < -0.4 is 4.74 Å². The number of hydrogen-bond acceptors (Lipinski definition) is 1. The Morgan fingerprint density at radius 2 is 1.40 bits per heavy atom. The first-order valence-electron chi connectivity index (χ1n) is 7.13. The summed E-state index contributed by atoms with van der Waals surface area (Å²) in [6.07, 6.45) is 0. The van der Waals surface area contributed by atoms with Crippen LogP contribution in [0.2, 0.25) is 0 Å². The molecule has 0 unspecified atom stereocenters. The van der Waals surface area contributed by atoms with E-state index in [1.54, 1.807) is 0 Å². The molecule has 0 heterocycles. The Morgan fingerprint density at radius 3 is 2.00 bits per heavy atom. The summed E-state index contributed by atoms with van der Waals surface area (Å²) in [6.45, 7) is 13.0. The molecule has 0 bridgehead atoms. The second-order valence-electron chi connectivity index (χ2n) is 6.58. The highest BCUT2D eigenvalue weighted by atomic mass is 16.5. The number of ether oxygens (including phenoxy) is 1. The second-order valence-corrected chi connectivity index (χ2v) is 6.58. The molecule has 0 N–H and O–H groups in total. The van der Waals surface area contributed by atoms with Crippen LogP contribution in [0.25, 0.3) is 0 Å². The van der Waals surface area contributed by atoms with Gasteiger partial charge in [-0.05, 0) is 66.6 Å². The molecule has 1 heteroatoms. The van der Waals surface area contributed by atoms with Crippen LogP contribution in [0.4, 0.5) is 0 Å². The van der Waals surface area contributed by atoms with Crippen LogP contribution in [0.3, 0.4) is 0 Å². The first-order valence-corrected chi connectivity index (χ1v) is 7.13. The molecule has 2 aromatic rings. The Morgan fingerprint density at radius 1 is 0.750 bits per heavy atom. The van der Waals surface area contributed by atoms with Gasteiger partial charge < -0.3 is 4.74 Å². The first-order chi connectivity index (χ1) is 9.27. The molecular formula is C19H24O. The molecule has 0 radical (unpaired) electrons. The van der Waals surface area contributed by atoms with Crippen molar-refractivity contribution in [3.63, 3.8) is 0 Å². The average Bonchev–Trinajstić information content (AvgIpc) is 2.35. The molecule has 0 saturated heterocycles. The smallest absolute Gasteiger partial charge is 0.130 e. The fourth-order valence-corrected chi connectivity index (χ4v) is 2.08. The van der Waals surface area contributed by atoms with Crippen LogP contribution in [0.1, 0.15) is 43.0 Å². The lowest BCUT2D eigenvalue weighted by Gasteiger charge is -2.21. The van der Waals surface area contributed by atoms with E-state index in [4.69, 9.17) is 4.74 Å². The first kappa shape index (κ1) is 14.6. The Hall–Kier alpha value is -1.76. The lowest BCUT2D eigenvalue weighted by Crippen LogP contribution is -2.11. The van der Waals surface area contributed by atoms with Crippen molar-refractivity contribution in [2.45, 2.75) is 47.0 Å². The maximum Gasteiger partial charge on any atom is 0.130 e. The van der Waals surface area contributed by atoms with Gasteiger partial charge in [0, 0.05) is 0 Å². The van der Waals surface area contributed by atoms with E-state index in [0.29, 0.717) is 0 Å². The summed E-state index contributed by atoms with van der Waals surface area (Å²) >= 11 is 0. The van der Waals surface area contributed by atoms with Crippen LogP contribution in [0, 0.1) is 20.8 Å². The molecule has 0 spiro atoms. The monoisotopic (exact) mass is 268 g/mol. The molecular weight excluding hydrogens is 244 g/mol. The van der Waals surface area contributed by atoms with Crippen molar-refractivity contribution >= 4 is 0 Å². The minimum atomic E-state index is 0.134. The molecule has 2 aromatic carbocycles. The van der Waals surface area contributed by atoms with Crippen LogP contribution >= 0.6 is 0 Å². The van der Waals surface area contributed by atoms with Gasteiger partial charge in [-0.2, -0.15) is 0 Å². The van der Waals surface area contributed by atoms with E-state index in [1.807, 2.05) is 6.07 Å². The molecule has 0 aliphatic rings. The van der Waals surface area contributed by atoms with Crippen molar-refractivity contribution in [3.05, 3.63) is 58.7 Å². The molecule has 106 valence electrons. The Kier molecular flexibility index (Phi) is 3.89. The standard InChI is InChI=1S/C19H24O/c1-13-8-10-17(11-15(13)3)20-18-12-16(19(4,5)6)9-7-14(18)2/h7-12H,1-6H3. The van der Waals surface area contributed by atoms with Crippen molar-refractivity contribution < 1.29 is 4.74 Å². The van der Waals surface area contributed by atoms with Crippen LogP contribution in [0.15, 0.2) is 36.4 Å². The van der Waals surface area contributed by atoms with Crippen molar-refractivity contribution in [1.29, 1.82) is 0 Å². The van der Waals surface area contributed by atoms with Gasteiger partial charge >= 0.3 is 0 Å². The third-order valence-electron chi connectivity index (χ3n) is 3.76. The average molecular weight is 268 g/mol. The van der Waals surface area contributed by atoms with Gasteiger partial charge in [0.25, 0.3) is 0 Å². The molecule has 0 fully saturated rings.